The van der Waals surface area contributed by atoms with Gasteiger partial charge < -0.3 is 14.8 Å². The van der Waals surface area contributed by atoms with Crippen molar-refractivity contribution in [2.24, 2.45) is 7.05 Å². The molecule has 6 aromatic rings. The smallest absolute Gasteiger partial charge is 0.345 e. The molecule has 4 aromatic heterocycles. The predicted molar refractivity (Wildman–Crippen MR) is 164 cm³/mol. The average molecular weight is 637 g/mol. The van der Waals surface area contributed by atoms with Crippen LogP contribution in [0.3, 0.4) is 0 Å². The van der Waals surface area contributed by atoms with Crippen LogP contribution in [-0.2, 0) is 11.8 Å². The van der Waals surface area contributed by atoms with Crippen molar-refractivity contribution in [3.63, 3.8) is 0 Å². The maximum Gasteiger partial charge on any atom is 0.345 e. The highest BCUT2D eigenvalue weighted by atomic mass is 32.1. The first kappa shape index (κ1) is 29.4. The molecule has 0 fully saturated rings. The third-order valence-corrected chi connectivity index (χ3v) is 9.00. The lowest BCUT2D eigenvalue weighted by Gasteiger charge is -2.27. The second-order valence-electron chi connectivity index (χ2n) is 11.0. The number of nitrogens with zero attached hydrogens (tertiary/aromatic N) is 5. The second-order valence-corrected chi connectivity index (χ2v) is 11.9. The van der Waals surface area contributed by atoms with E-state index < -0.39 is 24.9 Å². The van der Waals surface area contributed by atoms with Gasteiger partial charge >= 0.3 is 6.61 Å². The molecule has 5 heterocycles. The maximum absolute atomic E-state index is 16.0. The van der Waals surface area contributed by atoms with Crippen LogP contribution in [0.5, 0.6) is 5.75 Å². The minimum Gasteiger partial charge on any atom is -0.490 e. The Morgan fingerprint density at radius 1 is 1.04 bits per heavy atom. The number of aromatic nitrogens is 5. The number of thiophene rings is 1. The van der Waals surface area contributed by atoms with Crippen LogP contribution in [0.15, 0.2) is 54.0 Å². The molecule has 0 spiro atoms. The van der Waals surface area contributed by atoms with Crippen molar-refractivity contribution in [1.29, 1.82) is 0 Å². The van der Waals surface area contributed by atoms with Gasteiger partial charge in [-0.05, 0) is 37.4 Å². The van der Waals surface area contributed by atoms with E-state index in [1.165, 1.54) is 11.3 Å². The summed E-state index contributed by atoms with van der Waals surface area (Å²) in [5.41, 5.74) is 4.57. The van der Waals surface area contributed by atoms with Gasteiger partial charge in [-0.1, -0.05) is 12.1 Å². The lowest BCUT2D eigenvalue weighted by atomic mass is 9.96. The van der Waals surface area contributed by atoms with Gasteiger partial charge in [0.15, 0.2) is 0 Å². The van der Waals surface area contributed by atoms with Gasteiger partial charge in [0.1, 0.15) is 35.4 Å². The van der Waals surface area contributed by atoms with Crippen molar-refractivity contribution in [2.45, 2.75) is 32.5 Å². The van der Waals surface area contributed by atoms with Crippen molar-refractivity contribution in [1.82, 2.24) is 29.9 Å². The molecule has 0 bridgehead atoms. The summed E-state index contributed by atoms with van der Waals surface area (Å²) >= 11 is 1.38. The molecule has 0 saturated heterocycles. The molecule has 0 radical (unpaired) electrons. The molecule has 0 aliphatic carbocycles. The summed E-state index contributed by atoms with van der Waals surface area (Å²) in [4.78, 5) is 5.17. The van der Waals surface area contributed by atoms with Crippen LogP contribution < -0.4 is 10.1 Å². The summed E-state index contributed by atoms with van der Waals surface area (Å²) < 4.78 is 70.2. The molecule has 2 unspecified atom stereocenters. The molecule has 0 amide bonds. The van der Waals surface area contributed by atoms with Crippen LogP contribution in [-0.4, -0.2) is 50.9 Å². The fourth-order valence-electron chi connectivity index (χ4n) is 5.89. The van der Waals surface area contributed by atoms with Crippen LogP contribution in [0, 0.1) is 11.6 Å². The highest BCUT2D eigenvalue weighted by Crippen LogP contribution is 2.47. The Balaban J connectivity index is 1.49. The van der Waals surface area contributed by atoms with E-state index in [9.17, 15) is 13.2 Å². The van der Waals surface area contributed by atoms with E-state index in [1.807, 2.05) is 54.4 Å². The highest BCUT2D eigenvalue weighted by molar-refractivity contribution is 7.18. The molecule has 1 aliphatic rings. The first-order valence-corrected chi connectivity index (χ1v) is 15.3. The number of halogens is 4. The van der Waals surface area contributed by atoms with Gasteiger partial charge in [-0.2, -0.15) is 19.0 Å². The molecule has 7 rings (SSSR count). The van der Waals surface area contributed by atoms with Gasteiger partial charge in [0.25, 0.3) is 0 Å². The zero-order valence-corrected chi connectivity index (χ0v) is 25.3. The first-order chi connectivity index (χ1) is 21.7. The van der Waals surface area contributed by atoms with Gasteiger partial charge in [0.2, 0.25) is 0 Å². The molecule has 13 heteroatoms. The van der Waals surface area contributed by atoms with E-state index in [2.05, 4.69) is 22.1 Å². The summed E-state index contributed by atoms with van der Waals surface area (Å²) in [6.07, 6.45) is 1.79. The number of benzene rings is 2. The van der Waals surface area contributed by atoms with Crippen molar-refractivity contribution >= 4 is 32.3 Å². The molecule has 45 heavy (non-hydrogen) atoms. The lowest BCUT2D eigenvalue weighted by Crippen LogP contribution is -2.34. The molecule has 2 aromatic carbocycles. The van der Waals surface area contributed by atoms with E-state index in [0.29, 0.717) is 27.3 Å². The number of nitrogens with one attached hydrogen (secondary N) is 1. The van der Waals surface area contributed by atoms with Crippen LogP contribution in [0.2, 0.25) is 0 Å². The number of rotatable bonds is 8. The zero-order chi connectivity index (χ0) is 31.4. The quantitative estimate of drug-likeness (QED) is 0.138. The van der Waals surface area contributed by atoms with E-state index in [0.717, 1.165) is 46.2 Å². The van der Waals surface area contributed by atoms with E-state index in [4.69, 9.17) is 14.8 Å². The fraction of sp³-hybridized carbons (Fsp3) is 0.281. The number of alkyl halides is 2. The summed E-state index contributed by atoms with van der Waals surface area (Å²) in [5.74, 6) is -1.90. The Labute approximate surface area is 259 Å². The summed E-state index contributed by atoms with van der Waals surface area (Å²) in [5, 5.41) is 16.4. The molecule has 1 aliphatic heterocycles. The Bertz CT molecular complexity index is 2030. The normalized spacial score (nSPS) is 16.6. The number of aryl methyl sites for hydroxylation is 1. The topological polar surface area (TPSA) is 79.0 Å². The summed E-state index contributed by atoms with van der Waals surface area (Å²) in [7, 11) is 1.87. The number of hydrogen-bond donors (Lipinski definition) is 1. The Morgan fingerprint density at radius 2 is 1.89 bits per heavy atom. The highest BCUT2D eigenvalue weighted by Gasteiger charge is 2.29. The molecule has 8 nitrogen and oxygen atoms in total. The SMILES string of the molecule is CC1NCC(C)n2nc(-c3nc(-c4ccc5cnn(C)c5c4)c4ccsc4c3-c3c(F)cc(F)cc3OCCOC(F)F)cc21. The number of ether oxygens (including phenoxy) is 2. The standard InChI is InChI=1S/C32H28F4N6O2S/c1-16-14-37-17(2)24-13-23(40-42(16)24)30-28(27-22(34)11-20(33)12-26(27)43-7-8-44-32(35)36)31-21(6-9-45-31)29(39-30)18-4-5-19-15-38-41(3)25(19)10-18/h4-6,9-13,15-17,32,37H,7-8,14H2,1-3H3. The van der Waals surface area contributed by atoms with E-state index in [-0.39, 0.29) is 30.0 Å². The number of fused-ring (bicyclic) bond motifs is 3. The summed E-state index contributed by atoms with van der Waals surface area (Å²) in [6, 6.07) is 11.7. The van der Waals surface area contributed by atoms with Gasteiger partial charge in [-0.15, -0.1) is 11.3 Å². The molecular formula is C32H28F4N6O2S. The van der Waals surface area contributed by atoms with Crippen molar-refractivity contribution in [3.8, 4) is 39.5 Å². The largest absolute Gasteiger partial charge is 0.490 e. The van der Waals surface area contributed by atoms with Crippen molar-refractivity contribution in [2.75, 3.05) is 19.8 Å². The Hall–Kier alpha value is -4.33. The first-order valence-electron chi connectivity index (χ1n) is 14.4. The van der Waals surface area contributed by atoms with Gasteiger partial charge in [-0.3, -0.25) is 9.36 Å². The average Bonchev–Trinajstić information content (AvgIpc) is 3.76. The van der Waals surface area contributed by atoms with Crippen LogP contribution in [0.4, 0.5) is 17.6 Å². The fourth-order valence-corrected chi connectivity index (χ4v) is 6.84. The third-order valence-electron chi connectivity index (χ3n) is 8.07. The van der Waals surface area contributed by atoms with Crippen molar-refractivity contribution < 1.29 is 27.0 Å². The van der Waals surface area contributed by atoms with Crippen LogP contribution in [0.25, 0.3) is 54.8 Å². The molecule has 1 N–H and O–H groups in total. The molecule has 232 valence electrons. The minimum absolute atomic E-state index is 0.0133. The predicted octanol–water partition coefficient (Wildman–Crippen LogP) is 7.50. The number of hydrogen-bond acceptors (Lipinski definition) is 7. The Kier molecular flexibility index (Phi) is 7.54. The van der Waals surface area contributed by atoms with Gasteiger partial charge in [0.05, 0.1) is 41.3 Å². The second kappa shape index (κ2) is 11.5. The van der Waals surface area contributed by atoms with Crippen molar-refractivity contribution in [3.05, 3.63) is 71.4 Å². The number of pyridine rings is 1. The van der Waals surface area contributed by atoms with Gasteiger partial charge in [-0.25, -0.2) is 13.8 Å². The molecule has 2 atom stereocenters. The van der Waals surface area contributed by atoms with Crippen LogP contribution in [0.1, 0.15) is 31.6 Å². The van der Waals surface area contributed by atoms with Gasteiger partial charge in [0, 0.05) is 58.4 Å². The minimum atomic E-state index is -3.00. The summed E-state index contributed by atoms with van der Waals surface area (Å²) in [6.45, 7) is 1.00. The third kappa shape index (κ3) is 5.24. The molecule has 0 saturated carbocycles. The zero-order valence-electron chi connectivity index (χ0n) is 24.5. The van der Waals surface area contributed by atoms with E-state index in [1.54, 1.807) is 10.9 Å². The van der Waals surface area contributed by atoms with Crippen LogP contribution >= 0.6 is 11.3 Å². The molecular weight excluding hydrogens is 608 g/mol. The Morgan fingerprint density at radius 3 is 2.69 bits per heavy atom. The lowest BCUT2D eigenvalue weighted by molar-refractivity contribution is -0.133. The van der Waals surface area contributed by atoms with E-state index >= 15 is 4.39 Å². The monoisotopic (exact) mass is 636 g/mol. The maximum atomic E-state index is 16.0.